The smallest absolute Gasteiger partial charge is 0.141 e. The molecule has 0 aliphatic heterocycles. The number of nitrogens with one attached hydrogen (secondary N) is 1. The summed E-state index contributed by atoms with van der Waals surface area (Å²) >= 11 is 5.72. The Morgan fingerprint density at radius 2 is 1.79 bits per heavy atom. The Hall–Kier alpha value is -1.61. The van der Waals surface area contributed by atoms with E-state index in [1.165, 1.54) is 18.2 Å². The SMILES string of the molecule is CC(Cc1ccc(F)cc1)Nc1ccc(F)c(Cl)c1. The Morgan fingerprint density at radius 1 is 1.11 bits per heavy atom. The third-order valence-corrected chi connectivity index (χ3v) is 3.08. The molecule has 0 aliphatic carbocycles. The minimum atomic E-state index is -0.432. The predicted octanol–water partition coefficient (Wildman–Crippen LogP) is 4.66. The molecule has 1 nitrogen and oxygen atoms in total. The average Bonchev–Trinajstić information content (AvgIpc) is 2.37. The van der Waals surface area contributed by atoms with Crippen LogP contribution in [0, 0.1) is 11.6 Å². The molecule has 2 aromatic rings. The van der Waals surface area contributed by atoms with Crippen LogP contribution in [0.4, 0.5) is 14.5 Å². The lowest BCUT2D eigenvalue weighted by Gasteiger charge is -2.15. The van der Waals surface area contributed by atoms with Gasteiger partial charge in [-0.2, -0.15) is 0 Å². The maximum Gasteiger partial charge on any atom is 0.141 e. The van der Waals surface area contributed by atoms with Crippen LogP contribution in [0.1, 0.15) is 12.5 Å². The number of rotatable bonds is 4. The molecule has 2 rings (SSSR count). The molecule has 0 saturated carbocycles. The topological polar surface area (TPSA) is 12.0 Å². The Labute approximate surface area is 116 Å². The van der Waals surface area contributed by atoms with Crippen molar-refractivity contribution >= 4 is 17.3 Å². The lowest BCUT2D eigenvalue weighted by molar-refractivity contribution is 0.626. The van der Waals surface area contributed by atoms with Crippen LogP contribution in [0.15, 0.2) is 42.5 Å². The lowest BCUT2D eigenvalue weighted by atomic mass is 10.1. The first-order valence-electron chi connectivity index (χ1n) is 6.00. The number of halogens is 3. The predicted molar refractivity (Wildman–Crippen MR) is 74.6 cm³/mol. The van der Waals surface area contributed by atoms with Crippen molar-refractivity contribution in [1.82, 2.24) is 0 Å². The highest BCUT2D eigenvalue weighted by molar-refractivity contribution is 6.31. The normalized spacial score (nSPS) is 12.2. The van der Waals surface area contributed by atoms with Crippen LogP contribution in [-0.4, -0.2) is 6.04 Å². The summed E-state index contributed by atoms with van der Waals surface area (Å²) in [6, 6.07) is 11.0. The molecule has 1 atom stereocenters. The fraction of sp³-hybridized carbons (Fsp3) is 0.200. The van der Waals surface area contributed by atoms with Crippen LogP contribution < -0.4 is 5.32 Å². The highest BCUT2D eigenvalue weighted by atomic mass is 35.5. The summed E-state index contributed by atoms with van der Waals surface area (Å²) in [4.78, 5) is 0. The van der Waals surface area contributed by atoms with Gasteiger partial charge in [0.1, 0.15) is 11.6 Å². The van der Waals surface area contributed by atoms with Crippen molar-refractivity contribution in [1.29, 1.82) is 0 Å². The maximum absolute atomic E-state index is 13.0. The van der Waals surface area contributed by atoms with Crippen molar-refractivity contribution in [3.63, 3.8) is 0 Å². The highest BCUT2D eigenvalue weighted by Gasteiger charge is 2.06. The van der Waals surface area contributed by atoms with E-state index in [2.05, 4.69) is 5.32 Å². The van der Waals surface area contributed by atoms with E-state index >= 15 is 0 Å². The largest absolute Gasteiger partial charge is 0.382 e. The molecule has 4 heteroatoms. The maximum atomic E-state index is 13.0. The Kier molecular flexibility index (Phi) is 4.38. The summed E-state index contributed by atoms with van der Waals surface area (Å²) in [5.41, 5.74) is 1.80. The molecule has 0 aliphatic rings. The number of anilines is 1. The first-order valence-corrected chi connectivity index (χ1v) is 6.38. The lowest BCUT2D eigenvalue weighted by Crippen LogP contribution is -2.18. The van der Waals surface area contributed by atoms with Crippen molar-refractivity contribution < 1.29 is 8.78 Å². The van der Waals surface area contributed by atoms with Crippen LogP contribution in [0.5, 0.6) is 0 Å². The van der Waals surface area contributed by atoms with Crippen LogP contribution in [0.25, 0.3) is 0 Å². The summed E-state index contributed by atoms with van der Waals surface area (Å²) in [6.07, 6.45) is 0.745. The second kappa shape index (κ2) is 6.02. The van der Waals surface area contributed by atoms with Crippen molar-refractivity contribution in [2.45, 2.75) is 19.4 Å². The molecule has 0 amide bonds. The van der Waals surface area contributed by atoms with Gasteiger partial charge in [-0.3, -0.25) is 0 Å². The molecule has 0 radical (unpaired) electrons. The zero-order valence-corrected chi connectivity index (χ0v) is 11.2. The van der Waals surface area contributed by atoms with E-state index in [1.807, 2.05) is 6.92 Å². The van der Waals surface area contributed by atoms with E-state index in [-0.39, 0.29) is 16.9 Å². The van der Waals surface area contributed by atoms with Gasteiger partial charge in [-0.1, -0.05) is 23.7 Å². The molecule has 0 heterocycles. The summed E-state index contributed by atoms with van der Waals surface area (Å²) in [5, 5.41) is 3.32. The van der Waals surface area contributed by atoms with Crippen LogP contribution in [0.3, 0.4) is 0 Å². The van der Waals surface area contributed by atoms with E-state index in [4.69, 9.17) is 11.6 Å². The molecule has 0 aromatic heterocycles. The zero-order chi connectivity index (χ0) is 13.8. The van der Waals surface area contributed by atoms with Gasteiger partial charge < -0.3 is 5.32 Å². The summed E-state index contributed by atoms with van der Waals surface area (Å²) in [7, 11) is 0. The quantitative estimate of drug-likeness (QED) is 0.859. The van der Waals surface area contributed by atoms with Crippen LogP contribution >= 0.6 is 11.6 Å². The van der Waals surface area contributed by atoms with Gasteiger partial charge in [0.15, 0.2) is 0 Å². The van der Waals surface area contributed by atoms with Gasteiger partial charge in [-0.25, -0.2) is 8.78 Å². The zero-order valence-electron chi connectivity index (χ0n) is 10.5. The molecule has 1 N–H and O–H groups in total. The first-order chi connectivity index (χ1) is 9.04. The van der Waals surface area contributed by atoms with Gasteiger partial charge in [-0.05, 0) is 49.2 Å². The minimum absolute atomic E-state index is 0.0963. The molecular weight excluding hydrogens is 268 g/mol. The Morgan fingerprint density at radius 3 is 2.42 bits per heavy atom. The monoisotopic (exact) mass is 281 g/mol. The summed E-state index contributed by atoms with van der Waals surface area (Å²) < 4.78 is 25.8. The summed E-state index contributed by atoms with van der Waals surface area (Å²) in [5.74, 6) is -0.673. The van der Waals surface area contributed by atoms with E-state index in [0.29, 0.717) is 0 Å². The Balaban J connectivity index is 1.98. The third-order valence-electron chi connectivity index (χ3n) is 2.79. The molecular formula is C15H14ClF2N. The number of hydrogen-bond acceptors (Lipinski definition) is 1. The fourth-order valence-electron chi connectivity index (χ4n) is 1.90. The van der Waals surface area contributed by atoms with Gasteiger partial charge in [0, 0.05) is 11.7 Å². The van der Waals surface area contributed by atoms with Crippen molar-refractivity contribution in [3.8, 4) is 0 Å². The minimum Gasteiger partial charge on any atom is -0.382 e. The number of hydrogen-bond donors (Lipinski definition) is 1. The number of benzene rings is 2. The van der Waals surface area contributed by atoms with Crippen molar-refractivity contribution in [2.75, 3.05) is 5.32 Å². The first kappa shape index (κ1) is 13.8. The van der Waals surface area contributed by atoms with E-state index in [1.54, 1.807) is 24.3 Å². The van der Waals surface area contributed by atoms with Crippen LogP contribution in [-0.2, 0) is 6.42 Å². The van der Waals surface area contributed by atoms with Gasteiger partial charge in [-0.15, -0.1) is 0 Å². The third kappa shape index (κ3) is 3.93. The molecule has 1 unspecified atom stereocenters. The van der Waals surface area contributed by atoms with E-state index in [0.717, 1.165) is 17.7 Å². The average molecular weight is 282 g/mol. The molecule has 2 aromatic carbocycles. The van der Waals surface area contributed by atoms with Crippen LogP contribution in [0.2, 0.25) is 5.02 Å². The van der Waals surface area contributed by atoms with Gasteiger partial charge in [0.25, 0.3) is 0 Å². The van der Waals surface area contributed by atoms with E-state index in [9.17, 15) is 8.78 Å². The second-order valence-corrected chi connectivity index (χ2v) is 4.91. The Bertz CT molecular complexity index is 555. The summed E-state index contributed by atoms with van der Waals surface area (Å²) in [6.45, 7) is 2.00. The standard InChI is InChI=1S/C15H14ClF2N/c1-10(8-11-2-4-12(17)5-3-11)19-13-6-7-15(18)14(16)9-13/h2-7,9-10,19H,8H2,1H3. The molecule has 100 valence electrons. The van der Waals surface area contributed by atoms with Crippen molar-refractivity contribution in [3.05, 3.63) is 64.7 Å². The fourth-order valence-corrected chi connectivity index (χ4v) is 2.08. The highest BCUT2D eigenvalue weighted by Crippen LogP contribution is 2.20. The molecule has 0 spiro atoms. The molecule has 0 saturated heterocycles. The second-order valence-electron chi connectivity index (χ2n) is 4.50. The van der Waals surface area contributed by atoms with Gasteiger partial charge in [0.2, 0.25) is 0 Å². The molecule has 19 heavy (non-hydrogen) atoms. The molecule has 0 bridgehead atoms. The van der Waals surface area contributed by atoms with E-state index < -0.39 is 5.82 Å². The van der Waals surface area contributed by atoms with Gasteiger partial charge >= 0.3 is 0 Å². The van der Waals surface area contributed by atoms with Gasteiger partial charge in [0.05, 0.1) is 5.02 Å². The molecule has 0 fully saturated rings. The van der Waals surface area contributed by atoms with Crippen molar-refractivity contribution in [2.24, 2.45) is 0 Å².